The topological polar surface area (TPSA) is 89.7 Å². The van der Waals surface area contributed by atoms with Crippen LogP contribution in [0, 0.1) is 10.1 Å². The van der Waals surface area contributed by atoms with Crippen LogP contribution in [0.4, 0.5) is 11.4 Å². The number of ether oxygens (including phenoxy) is 1. The molecule has 0 aliphatic carbocycles. The number of oxime groups is 1. The maximum absolute atomic E-state index is 11.3. The summed E-state index contributed by atoms with van der Waals surface area (Å²) in [5, 5.41) is 17.7. The largest absolute Gasteiger partial charge is 0.379 e. The molecule has 0 amide bonds. The Morgan fingerprint density at radius 3 is 2.25 bits per heavy atom. The Kier molecular flexibility index (Phi) is 5.88. The van der Waals surface area contributed by atoms with Gasteiger partial charge in [-0.2, -0.15) is 0 Å². The molecule has 9 heteroatoms. The maximum atomic E-state index is 11.3. The molecule has 3 aromatic carbocycles. The molecule has 3 aromatic rings. The van der Waals surface area contributed by atoms with Gasteiger partial charge in [-0.25, -0.2) is 5.06 Å². The third kappa shape index (κ3) is 3.91. The molecule has 1 spiro atoms. The first-order valence-electron chi connectivity index (χ1n) is 12.0. The molecule has 6 rings (SSSR count). The highest BCUT2D eigenvalue weighted by Crippen LogP contribution is 2.50. The summed E-state index contributed by atoms with van der Waals surface area (Å²) < 4.78 is 5.59. The zero-order valence-corrected chi connectivity index (χ0v) is 19.6. The van der Waals surface area contributed by atoms with Gasteiger partial charge in [-0.1, -0.05) is 65.8 Å². The van der Waals surface area contributed by atoms with E-state index in [4.69, 9.17) is 14.4 Å². The minimum atomic E-state index is -0.888. The predicted molar refractivity (Wildman–Crippen MR) is 133 cm³/mol. The van der Waals surface area contributed by atoms with Crippen LogP contribution in [0.2, 0.25) is 0 Å². The van der Waals surface area contributed by atoms with Crippen molar-refractivity contribution in [3.63, 3.8) is 0 Å². The Hall–Kier alpha value is -3.79. The number of hydrogen-bond donors (Lipinski definition) is 0. The summed E-state index contributed by atoms with van der Waals surface area (Å²) in [4.78, 5) is 26.1. The molecule has 0 N–H and O–H groups in total. The van der Waals surface area contributed by atoms with Gasteiger partial charge >= 0.3 is 0 Å². The number of non-ortho nitro benzene ring substituents is 1. The van der Waals surface area contributed by atoms with Crippen molar-refractivity contribution in [1.29, 1.82) is 0 Å². The molecule has 3 aliphatic rings. The number of benzene rings is 3. The van der Waals surface area contributed by atoms with E-state index in [-0.39, 0.29) is 11.7 Å². The number of hydroxylamine groups is 1. The van der Waals surface area contributed by atoms with Crippen LogP contribution in [0.3, 0.4) is 0 Å². The fourth-order valence-electron chi connectivity index (χ4n) is 5.26. The molecule has 3 atom stereocenters. The number of anilines is 1. The highest BCUT2D eigenvalue weighted by Gasteiger charge is 2.62. The minimum Gasteiger partial charge on any atom is -0.379 e. The molecule has 184 valence electrons. The Morgan fingerprint density at radius 2 is 1.58 bits per heavy atom. The van der Waals surface area contributed by atoms with Gasteiger partial charge < -0.3 is 9.57 Å². The van der Waals surface area contributed by atoms with Crippen molar-refractivity contribution < 1.29 is 19.3 Å². The standard InChI is InChI=1S/C27H26N4O5/c32-31(33)23-13-11-22(12-14-23)30-24(20-7-3-1-4-8-20)19-27(36-30)25(21-9-5-2-6-10-21)28-35-26(27)29-15-17-34-18-16-29/h1-14,24,26H,15-19H2/t24-,26+,27+/m1/s1. The van der Waals surface area contributed by atoms with Gasteiger partial charge in [-0.15, -0.1) is 0 Å². The van der Waals surface area contributed by atoms with E-state index in [1.54, 1.807) is 12.1 Å². The summed E-state index contributed by atoms with van der Waals surface area (Å²) >= 11 is 0. The van der Waals surface area contributed by atoms with E-state index in [0.29, 0.717) is 32.7 Å². The number of nitrogens with zero attached hydrogens (tertiary/aromatic N) is 4. The van der Waals surface area contributed by atoms with Crippen molar-refractivity contribution in [3.05, 3.63) is 106 Å². The third-order valence-electron chi connectivity index (χ3n) is 7.01. The van der Waals surface area contributed by atoms with Crippen molar-refractivity contribution in [2.45, 2.75) is 24.3 Å². The lowest BCUT2D eigenvalue weighted by molar-refractivity contribution is -0.384. The zero-order chi connectivity index (χ0) is 24.5. The number of nitro benzene ring substituents is 1. The van der Waals surface area contributed by atoms with Crippen molar-refractivity contribution >= 4 is 17.1 Å². The Labute approximate surface area is 208 Å². The molecule has 3 heterocycles. The molecular formula is C27H26N4O5. The average molecular weight is 487 g/mol. The second kappa shape index (κ2) is 9.34. The van der Waals surface area contributed by atoms with E-state index in [9.17, 15) is 10.1 Å². The predicted octanol–water partition coefficient (Wildman–Crippen LogP) is 4.31. The van der Waals surface area contributed by atoms with Crippen LogP contribution in [0.1, 0.15) is 23.6 Å². The van der Waals surface area contributed by atoms with Crippen LogP contribution in [0.15, 0.2) is 90.1 Å². The van der Waals surface area contributed by atoms with Crippen LogP contribution in [0.5, 0.6) is 0 Å². The number of nitro groups is 1. The van der Waals surface area contributed by atoms with Crippen LogP contribution in [-0.4, -0.2) is 53.7 Å². The molecule has 0 aromatic heterocycles. The number of morpholine rings is 1. The Balaban J connectivity index is 1.45. The van der Waals surface area contributed by atoms with Gasteiger partial charge in [0, 0.05) is 37.2 Å². The van der Waals surface area contributed by atoms with Crippen LogP contribution in [0.25, 0.3) is 0 Å². The first-order valence-corrected chi connectivity index (χ1v) is 12.0. The molecule has 0 saturated carbocycles. The van der Waals surface area contributed by atoms with Crippen LogP contribution >= 0.6 is 0 Å². The van der Waals surface area contributed by atoms with Gasteiger partial charge in [0.15, 0.2) is 5.60 Å². The van der Waals surface area contributed by atoms with Gasteiger partial charge in [0.05, 0.1) is 29.9 Å². The Morgan fingerprint density at radius 1 is 0.917 bits per heavy atom. The van der Waals surface area contributed by atoms with Crippen LogP contribution in [-0.2, 0) is 14.4 Å². The van der Waals surface area contributed by atoms with Gasteiger partial charge in [0.25, 0.3) is 5.69 Å². The summed E-state index contributed by atoms with van der Waals surface area (Å²) in [6, 6.07) is 26.4. The molecule has 0 unspecified atom stereocenters. The molecule has 36 heavy (non-hydrogen) atoms. The number of hydrogen-bond acceptors (Lipinski definition) is 8. The Bertz CT molecular complexity index is 1250. The molecule has 2 fully saturated rings. The van der Waals surface area contributed by atoms with E-state index < -0.39 is 16.8 Å². The van der Waals surface area contributed by atoms with Gasteiger partial charge in [0.1, 0.15) is 5.71 Å². The normalized spacial score (nSPS) is 26.1. The highest BCUT2D eigenvalue weighted by atomic mass is 16.7. The van der Waals surface area contributed by atoms with Crippen molar-refractivity contribution in [2.75, 3.05) is 31.4 Å². The molecule has 0 bridgehead atoms. The first-order chi connectivity index (χ1) is 17.7. The molecule has 0 radical (unpaired) electrons. The van der Waals surface area contributed by atoms with Gasteiger partial charge in [-0.3, -0.25) is 19.9 Å². The van der Waals surface area contributed by atoms with Crippen molar-refractivity contribution in [3.8, 4) is 0 Å². The van der Waals surface area contributed by atoms with Crippen LogP contribution < -0.4 is 5.06 Å². The quantitative estimate of drug-likeness (QED) is 0.392. The zero-order valence-electron chi connectivity index (χ0n) is 19.6. The van der Waals surface area contributed by atoms with E-state index in [0.717, 1.165) is 22.5 Å². The molecule has 3 aliphatic heterocycles. The van der Waals surface area contributed by atoms with E-state index in [2.05, 4.69) is 22.2 Å². The second-order valence-electron chi connectivity index (χ2n) is 9.12. The lowest BCUT2D eigenvalue weighted by atomic mass is 9.83. The molecule has 9 nitrogen and oxygen atoms in total. The van der Waals surface area contributed by atoms with Crippen molar-refractivity contribution in [2.24, 2.45) is 5.16 Å². The van der Waals surface area contributed by atoms with Gasteiger partial charge in [0.2, 0.25) is 6.23 Å². The third-order valence-corrected chi connectivity index (χ3v) is 7.01. The average Bonchev–Trinajstić information content (AvgIpc) is 3.51. The summed E-state index contributed by atoms with van der Waals surface area (Å²) in [5.74, 6) is 0. The smallest absolute Gasteiger partial charge is 0.269 e. The summed E-state index contributed by atoms with van der Waals surface area (Å²) in [5.41, 5.74) is 2.63. The van der Waals surface area contributed by atoms with E-state index in [1.165, 1.54) is 12.1 Å². The lowest BCUT2D eigenvalue weighted by Crippen LogP contribution is -2.57. The fraction of sp³-hybridized carbons (Fsp3) is 0.296. The van der Waals surface area contributed by atoms with E-state index >= 15 is 0 Å². The molecule has 2 saturated heterocycles. The monoisotopic (exact) mass is 486 g/mol. The van der Waals surface area contributed by atoms with E-state index in [1.807, 2.05) is 53.6 Å². The highest BCUT2D eigenvalue weighted by molar-refractivity contribution is 6.08. The second-order valence-corrected chi connectivity index (χ2v) is 9.12. The molecular weight excluding hydrogens is 460 g/mol. The SMILES string of the molecule is O=[N+]([O-])c1ccc(N2O[C@@]3(C[C@@H]2c2ccccc2)C(c2ccccc2)=NO[C@@H]3N2CCOCC2)cc1. The number of rotatable bonds is 5. The summed E-state index contributed by atoms with van der Waals surface area (Å²) in [7, 11) is 0. The summed E-state index contributed by atoms with van der Waals surface area (Å²) in [6.07, 6.45) is 0.148. The lowest BCUT2D eigenvalue weighted by Gasteiger charge is -2.38. The fourth-order valence-corrected chi connectivity index (χ4v) is 5.26. The maximum Gasteiger partial charge on any atom is 0.269 e. The minimum absolute atomic E-state index is 0.0332. The van der Waals surface area contributed by atoms with Gasteiger partial charge in [-0.05, 0) is 17.7 Å². The van der Waals surface area contributed by atoms with Crippen molar-refractivity contribution in [1.82, 2.24) is 4.90 Å². The first kappa shape index (κ1) is 22.7. The summed E-state index contributed by atoms with van der Waals surface area (Å²) in [6.45, 7) is 2.65.